The Labute approximate surface area is 143 Å². The van der Waals surface area contributed by atoms with Crippen molar-refractivity contribution < 1.29 is 4.92 Å². The number of nitrogens with zero attached hydrogens (tertiary/aromatic N) is 3. The van der Waals surface area contributed by atoms with Gasteiger partial charge in [0.2, 0.25) is 0 Å². The zero-order valence-electron chi connectivity index (χ0n) is 13.8. The second-order valence-corrected chi connectivity index (χ2v) is 5.70. The van der Waals surface area contributed by atoms with Gasteiger partial charge in [-0.15, -0.1) is 0 Å². The third kappa shape index (κ3) is 3.40. The smallest absolute Gasteiger partial charge is 0.293 e. The molecular weight excluding hydrogens is 320 g/mol. The van der Waals surface area contributed by atoms with Gasteiger partial charge in [0.05, 0.1) is 16.0 Å². The monoisotopic (exact) mass is 336 g/mol. The van der Waals surface area contributed by atoms with Crippen molar-refractivity contribution in [3.8, 4) is 0 Å². The van der Waals surface area contributed by atoms with Crippen molar-refractivity contribution in [3.05, 3.63) is 74.2 Å². The maximum atomic E-state index is 12.1. The molecule has 0 aliphatic rings. The third-order valence-electron chi connectivity index (χ3n) is 3.74. The van der Waals surface area contributed by atoms with Gasteiger partial charge in [-0.3, -0.25) is 14.9 Å². The van der Waals surface area contributed by atoms with Gasteiger partial charge in [0.15, 0.2) is 0 Å². The van der Waals surface area contributed by atoms with Gasteiger partial charge < -0.3 is 9.88 Å². The average molecular weight is 336 g/mol. The minimum Gasteiger partial charge on any atom is -0.372 e. The van der Waals surface area contributed by atoms with Crippen LogP contribution in [0, 0.1) is 10.1 Å². The number of hydrogen-bond donors (Lipinski definition) is 1. The first-order valence-electron chi connectivity index (χ1n) is 7.58. The Bertz CT molecular complexity index is 1040. The maximum Gasteiger partial charge on any atom is 0.293 e. The molecule has 1 aromatic heterocycles. The van der Waals surface area contributed by atoms with Crippen molar-refractivity contribution in [2.75, 3.05) is 19.0 Å². The van der Waals surface area contributed by atoms with Gasteiger partial charge in [-0.1, -0.05) is 24.3 Å². The molecule has 0 saturated carbocycles. The summed E-state index contributed by atoms with van der Waals surface area (Å²) in [5.41, 5.74) is 2.42. The highest BCUT2D eigenvalue weighted by molar-refractivity contribution is 5.77. The highest BCUT2D eigenvalue weighted by Crippen LogP contribution is 2.28. The number of anilines is 1. The molecule has 0 aliphatic heterocycles. The number of nitro benzene ring substituents is 1. The first kappa shape index (κ1) is 16.4. The summed E-state index contributed by atoms with van der Waals surface area (Å²) in [4.78, 5) is 31.7. The summed E-state index contributed by atoms with van der Waals surface area (Å²) in [5.74, 6) is 0. The summed E-state index contributed by atoms with van der Waals surface area (Å²) in [6.07, 6.45) is 3.19. The predicted molar refractivity (Wildman–Crippen MR) is 98.7 cm³/mol. The van der Waals surface area contributed by atoms with Crippen LogP contribution in [-0.4, -0.2) is 29.0 Å². The van der Waals surface area contributed by atoms with Gasteiger partial charge >= 0.3 is 0 Å². The van der Waals surface area contributed by atoms with E-state index in [2.05, 4.69) is 9.97 Å². The highest BCUT2D eigenvalue weighted by atomic mass is 16.6. The Balaban J connectivity index is 2.00. The van der Waals surface area contributed by atoms with E-state index in [-0.39, 0.29) is 16.9 Å². The van der Waals surface area contributed by atoms with E-state index in [1.165, 1.54) is 6.07 Å². The molecule has 3 aromatic rings. The van der Waals surface area contributed by atoms with Crippen LogP contribution in [0.5, 0.6) is 0 Å². The largest absolute Gasteiger partial charge is 0.372 e. The molecule has 0 bridgehead atoms. The number of aromatic nitrogens is 2. The lowest BCUT2D eigenvalue weighted by atomic mass is 10.1. The van der Waals surface area contributed by atoms with E-state index >= 15 is 0 Å². The second-order valence-electron chi connectivity index (χ2n) is 5.70. The highest BCUT2D eigenvalue weighted by Gasteiger charge is 2.15. The normalized spacial score (nSPS) is 11.1. The van der Waals surface area contributed by atoms with E-state index in [1.807, 2.05) is 12.1 Å². The maximum absolute atomic E-state index is 12.1. The van der Waals surface area contributed by atoms with Gasteiger partial charge in [-0.2, -0.15) is 0 Å². The molecule has 7 heteroatoms. The fourth-order valence-electron chi connectivity index (χ4n) is 2.50. The van der Waals surface area contributed by atoms with Crippen LogP contribution in [0.1, 0.15) is 11.3 Å². The molecule has 25 heavy (non-hydrogen) atoms. The quantitative estimate of drug-likeness (QED) is 0.584. The molecule has 0 amide bonds. The predicted octanol–water partition coefficient (Wildman–Crippen LogP) is 3.07. The molecule has 0 atom stereocenters. The first-order chi connectivity index (χ1) is 12.0. The summed E-state index contributed by atoms with van der Waals surface area (Å²) < 4.78 is 0. The SMILES string of the molecule is CN(C)c1ccc(/C=C/c2nc3ccccc3[nH]c2=O)cc1[N+](=O)[O-]. The van der Waals surface area contributed by atoms with Crippen molar-refractivity contribution in [1.29, 1.82) is 0 Å². The van der Waals surface area contributed by atoms with Crippen molar-refractivity contribution in [2.45, 2.75) is 0 Å². The fourth-order valence-corrected chi connectivity index (χ4v) is 2.50. The summed E-state index contributed by atoms with van der Waals surface area (Å²) in [6, 6.07) is 12.1. The molecule has 1 N–H and O–H groups in total. The van der Waals surface area contributed by atoms with E-state index in [9.17, 15) is 14.9 Å². The zero-order chi connectivity index (χ0) is 18.0. The van der Waals surface area contributed by atoms with E-state index < -0.39 is 4.92 Å². The Kier molecular flexibility index (Phi) is 4.30. The van der Waals surface area contributed by atoms with Crippen LogP contribution in [0.15, 0.2) is 47.3 Å². The van der Waals surface area contributed by atoms with Crippen LogP contribution in [-0.2, 0) is 0 Å². The molecule has 3 rings (SSSR count). The fraction of sp³-hybridized carbons (Fsp3) is 0.111. The minimum absolute atomic E-state index is 0.00697. The molecule has 0 aliphatic carbocycles. The van der Waals surface area contributed by atoms with Crippen LogP contribution in [0.25, 0.3) is 23.2 Å². The summed E-state index contributed by atoms with van der Waals surface area (Å²) in [7, 11) is 3.49. The number of aromatic amines is 1. The number of nitro groups is 1. The van der Waals surface area contributed by atoms with Gasteiger partial charge in [0, 0.05) is 20.2 Å². The Morgan fingerprint density at radius 2 is 1.92 bits per heavy atom. The van der Waals surface area contributed by atoms with Crippen LogP contribution < -0.4 is 10.5 Å². The molecule has 2 aromatic carbocycles. The van der Waals surface area contributed by atoms with Gasteiger partial charge in [-0.25, -0.2) is 4.98 Å². The van der Waals surface area contributed by atoms with Crippen LogP contribution in [0.4, 0.5) is 11.4 Å². The third-order valence-corrected chi connectivity index (χ3v) is 3.74. The zero-order valence-corrected chi connectivity index (χ0v) is 13.8. The molecule has 0 spiro atoms. The van der Waals surface area contributed by atoms with Crippen molar-refractivity contribution in [2.24, 2.45) is 0 Å². The van der Waals surface area contributed by atoms with Gasteiger partial charge in [0.1, 0.15) is 11.4 Å². The van der Waals surface area contributed by atoms with E-state index in [0.29, 0.717) is 22.3 Å². The van der Waals surface area contributed by atoms with Crippen LogP contribution in [0.2, 0.25) is 0 Å². The number of fused-ring (bicyclic) bond motifs is 1. The minimum atomic E-state index is -0.423. The lowest BCUT2D eigenvalue weighted by Crippen LogP contribution is -2.11. The molecule has 0 unspecified atom stereocenters. The Hall–Kier alpha value is -3.48. The number of rotatable bonds is 4. The molecule has 0 radical (unpaired) electrons. The standard InChI is InChI=1S/C18H16N4O3/c1-21(2)16-10-8-12(11-17(16)22(24)25)7-9-15-18(23)20-14-6-4-3-5-13(14)19-15/h3-11H,1-2H3,(H,20,23)/b9-7+. The van der Waals surface area contributed by atoms with E-state index in [1.54, 1.807) is 55.4 Å². The summed E-state index contributed by atoms with van der Waals surface area (Å²) in [6.45, 7) is 0. The molecule has 126 valence electrons. The lowest BCUT2D eigenvalue weighted by Gasteiger charge is -2.12. The topological polar surface area (TPSA) is 92.1 Å². The van der Waals surface area contributed by atoms with Gasteiger partial charge in [-0.05, 0) is 29.8 Å². The number of para-hydroxylation sites is 2. The summed E-state index contributed by atoms with van der Waals surface area (Å²) in [5, 5.41) is 11.2. The molecule has 1 heterocycles. The molecule has 0 fully saturated rings. The number of H-pyrrole nitrogens is 1. The van der Waals surface area contributed by atoms with Gasteiger partial charge in [0.25, 0.3) is 11.2 Å². The van der Waals surface area contributed by atoms with E-state index in [0.717, 1.165) is 0 Å². The molecule has 0 saturated heterocycles. The van der Waals surface area contributed by atoms with E-state index in [4.69, 9.17) is 0 Å². The Morgan fingerprint density at radius 3 is 2.64 bits per heavy atom. The number of nitrogens with one attached hydrogen (secondary N) is 1. The second kappa shape index (κ2) is 6.56. The first-order valence-corrected chi connectivity index (χ1v) is 7.58. The van der Waals surface area contributed by atoms with Crippen molar-refractivity contribution >= 4 is 34.6 Å². The van der Waals surface area contributed by atoms with Crippen LogP contribution in [0.3, 0.4) is 0 Å². The Morgan fingerprint density at radius 1 is 1.16 bits per heavy atom. The molecule has 7 nitrogen and oxygen atoms in total. The average Bonchev–Trinajstić information content (AvgIpc) is 2.59. The number of benzene rings is 2. The lowest BCUT2D eigenvalue weighted by molar-refractivity contribution is -0.384. The number of hydrogen-bond acceptors (Lipinski definition) is 5. The van der Waals surface area contributed by atoms with Crippen molar-refractivity contribution in [3.63, 3.8) is 0 Å². The summed E-state index contributed by atoms with van der Waals surface area (Å²) >= 11 is 0. The molecular formula is C18H16N4O3. The van der Waals surface area contributed by atoms with Crippen molar-refractivity contribution in [1.82, 2.24) is 9.97 Å². The van der Waals surface area contributed by atoms with Crippen LogP contribution >= 0.6 is 0 Å².